The van der Waals surface area contributed by atoms with Crippen molar-refractivity contribution in [2.75, 3.05) is 0 Å². The normalized spacial score (nSPS) is 10.9. The second-order valence-electron chi connectivity index (χ2n) is 3.84. The average molecular weight is 257 g/mol. The van der Waals surface area contributed by atoms with E-state index in [1.165, 1.54) is 0 Å². The number of aryl methyl sites for hydroxylation is 1. The molecule has 0 aliphatic carbocycles. The van der Waals surface area contributed by atoms with Crippen LogP contribution in [-0.2, 0) is 5.75 Å². The largest absolute Gasteiger partial charge is 0.237 e. The molecule has 0 fully saturated rings. The van der Waals surface area contributed by atoms with E-state index in [-0.39, 0.29) is 0 Å². The number of para-hydroxylation sites is 1. The Morgan fingerprint density at radius 2 is 2.11 bits per heavy atom. The lowest BCUT2D eigenvalue weighted by atomic mass is 10.2. The molecule has 1 aromatic carbocycles. The Bertz CT molecular complexity index is 665. The number of nitrogens with one attached hydrogen (secondary N) is 1. The number of rotatable bonds is 3. The van der Waals surface area contributed by atoms with Crippen molar-refractivity contribution < 1.29 is 0 Å². The number of aromatic nitrogens is 5. The molecule has 0 aliphatic heterocycles. The Morgan fingerprint density at radius 3 is 2.94 bits per heavy atom. The van der Waals surface area contributed by atoms with E-state index in [0.29, 0.717) is 5.75 Å². The Morgan fingerprint density at radius 1 is 1.22 bits per heavy atom. The van der Waals surface area contributed by atoms with E-state index < -0.39 is 0 Å². The first-order valence-corrected chi connectivity index (χ1v) is 6.52. The maximum atomic E-state index is 4.55. The number of benzene rings is 1. The van der Waals surface area contributed by atoms with Crippen molar-refractivity contribution in [3.05, 3.63) is 42.0 Å². The van der Waals surface area contributed by atoms with E-state index in [4.69, 9.17) is 0 Å². The molecule has 0 radical (unpaired) electrons. The van der Waals surface area contributed by atoms with Gasteiger partial charge in [-0.15, -0.1) is 5.10 Å². The van der Waals surface area contributed by atoms with Crippen LogP contribution in [0.4, 0.5) is 0 Å². The highest BCUT2D eigenvalue weighted by Crippen LogP contribution is 2.20. The van der Waals surface area contributed by atoms with Crippen LogP contribution in [0.3, 0.4) is 0 Å². The highest BCUT2D eigenvalue weighted by molar-refractivity contribution is 7.98. The summed E-state index contributed by atoms with van der Waals surface area (Å²) in [6, 6.07) is 8.04. The molecule has 0 aliphatic rings. The number of aromatic amines is 1. The molecule has 0 bridgehead atoms. The molecule has 6 heteroatoms. The molecule has 18 heavy (non-hydrogen) atoms. The van der Waals surface area contributed by atoms with Crippen molar-refractivity contribution in [3.63, 3.8) is 0 Å². The molecule has 3 aromatic rings. The van der Waals surface area contributed by atoms with Crippen LogP contribution < -0.4 is 0 Å². The molecule has 0 amide bonds. The topological polar surface area (TPSA) is 67.3 Å². The van der Waals surface area contributed by atoms with Gasteiger partial charge in [0, 0.05) is 11.1 Å². The van der Waals surface area contributed by atoms with Crippen LogP contribution in [0.2, 0.25) is 0 Å². The second-order valence-corrected chi connectivity index (χ2v) is 4.83. The Labute approximate surface area is 108 Å². The van der Waals surface area contributed by atoms with Gasteiger partial charge in [-0.25, -0.2) is 9.97 Å². The molecular weight excluding hydrogens is 246 g/mol. The molecule has 0 unspecified atom stereocenters. The second kappa shape index (κ2) is 4.73. The number of nitrogens with zero attached hydrogens (tertiary/aromatic N) is 4. The first kappa shape index (κ1) is 11.2. The third kappa shape index (κ3) is 2.19. The lowest BCUT2D eigenvalue weighted by molar-refractivity contribution is 0.910. The zero-order valence-electron chi connectivity index (χ0n) is 9.79. The quantitative estimate of drug-likeness (QED) is 0.729. The number of hydrogen-bond donors (Lipinski definition) is 1. The van der Waals surface area contributed by atoms with Crippen molar-refractivity contribution in [1.82, 2.24) is 25.4 Å². The van der Waals surface area contributed by atoms with Crippen LogP contribution in [0.1, 0.15) is 11.5 Å². The Balaban J connectivity index is 1.88. The van der Waals surface area contributed by atoms with Gasteiger partial charge >= 0.3 is 0 Å². The van der Waals surface area contributed by atoms with E-state index in [0.717, 1.165) is 27.4 Å². The summed E-state index contributed by atoms with van der Waals surface area (Å²) in [6.07, 6.45) is 1.69. The summed E-state index contributed by atoms with van der Waals surface area (Å²) < 4.78 is 0. The van der Waals surface area contributed by atoms with Gasteiger partial charge < -0.3 is 0 Å². The average Bonchev–Trinajstić information content (AvgIpc) is 2.90. The summed E-state index contributed by atoms with van der Waals surface area (Å²) in [6.45, 7) is 2.01. The molecule has 0 saturated heterocycles. The first-order chi connectivity index (χ1) is 8.83. The van der Waals surface area contributed by atoms with Crippen LogP contribution >= 0.6 is 11.8 Å². The van der Waals surface area contributed by atoms with Gasteiger partial charge in [0.05, 0.1) is 17.5 Å². The van der Waals surface area contributed by atoms with E-state index >= 15 is 0 Å². The standard InChI is InChI=1S/C12H11N5S/c1-8-9-4-2-3-5-10(9)15-11(14-8)7-18-12-6-13-17-16-12/h2-6H,7H2,1H3,(H,13,16,17). The van der Waals surface area contributed by atoms with Gasteiger partial charge in [0.2, 0.25) is 0 Å². The molecule has 3 rings (SSSR count). The van der Waals surface area contributed by atoms with Crippen molar-refractivity contribution in [1.29, 1.82) is 0 Å². The maximum Gasteiger partial charge on any atom is 0.139 e. The summed E-state index contributed by atoms with van der Waals surface area (Å²) >= 11 is 1.57. The molecule has 90 valence electrons. The van der Waals surface area contributed by atoms with Gasteiger partial charge in [-0.2, -0.15) is 10.3 Å². The molecule has 2 aromatic heterocycles. The maximum absolute atomic E-state index is 4.55. The highest BCUT2D eigenvalue weighted by atomic mass is 32.2. The van der Waals surface area contributed by atoms with Crippen LogP contribution in [0.15, 0.2) is 35.5 Å². The van der Waals surface area contributed by atoms with Gasteiger partial charge in [0.15, 0.2) is 0 Å². The van der Waals surface area contributed by atoms with Crippen molar-refractivity contribution in [2.24, 2.45) is 0 Å². The minimum atomic E-state index is 0.693. The van der Waals surface area contributed by atoms with Crippen molar-refractivity contribution in [3.8, 4) is 0 Å². The molecule has 2 heterocycles. The van der Waals surface area contributed by atoms with Gasteiger partial charge in [-0.3, -0.25) is 0 Å². The number of thioether (sulfide) groups is 1. The summed E-state index contributed by atoms with van der Waals surface area (Å²) in [4.78, 5) is 9.06. The molecule has 0 atom stereocenters. The predicted octanol–water partition coefficient (Wildman–Crippen LogP) is 2.35. The lowest BCUT2D eigenvalue weighted by Gasteiger charge is -2.04. The van der Waals surface area contributed by atoms with Gasteiger partial charge in [0.1, 0.15) is 10.9 Å². The van der Waals surface area contributed by atoms with Gasteiger partial charge in [-0.05, 0) is 13.0 Å². The van der Waals surface area contributed by atoms with Crippen LogP contribution in [0.5, 0.6) is 0 Å². The van der Waals surface area contributed by atoms with Crippen LogP contribution in [-0.4, -0.2) is 25.4 Å². The summed E-state index contributed by atoms with van der Waals surface area (Å²) in [5, 5.41) is 12.3. The first-order valence-electron chi connectivity index (χ1n) is 5.54. The van der Waals surface area contributed by atoms with E-state index in [2.05, 4.69) is 25.4 Å². The van der Waals surface area contributed by atoms with E-state index in [9.17, 15) is 0 Å². The molecule has 1 N–H and O–H groups in total. The summed E-state index contributed by atoms with van der Waals surface area (Å²) in [5.41, 5.74) is 2.00. The molecular formula is C12H11N5S. The SMILES string of the molecule is Cc1nc(CSc2cn[nH]n2)nc2ccccc12. The zero-order valence-corrected chi connectivity index (χ0v) is 10.6. The van der Waals surface area contributed by atoms with Crippen LogP contribution in [0.25, 0.3) is 10.9 Å². The van der Waals surface area contributed by atoms with Crippen molar-refractivity contribution >= 4 is 22.7 Å². The third-order valence-electron chi connectivity index (χ3n) is 2.58. The Hall–Kier alpha value is -1.95. The van der Waals surface area contributed by atoms with E-state index in [1.807, 2.05) is 31.2 Å². The summed E-state index contributed by atoms with van der Waals surface area (Å²) in [5.74, 6) is 1.51. The van der Waals surface area contributed by atoms with Crippen molar-refractivity contribution in [2.45, 2.75) is 17.7 Å². The number of hydrogen-bond acceptors (Lipinski definition) is 5. The molecule has 0 saturated carbocycles. The van der Waals surface area contributed by atoms with Gasteiger partial charge in [-0.1, -0.05) is 30.0 Å². The fourth-order valence-electron chi connectivity index (χ4n) is 1.76. The predicted molar refractivity (Wildman–Crippen MR) is 70.2 cm³/mol. The number of H-pyrrole nitrogens is 1. The fourth-order valence-corrected chi connectivity index (χ4v) is 2.40. The zero-order chi connectivity index (χ0) is 12.4. The third-order valence-corrected chi connectivity index (χ3v) is 3.48. The van der Waals surface area contributed by atoms with Crippen LogP contribution in [0, 0.1) is 6.92 Å². The number of fused-ring (bicyclic) bond motifs is 1. The minimum absolute atomic E-state index is 0.693. The Kier molecular flexibility index (Phi) is 2.93. The lowest BCUT2D eigenvalue weighted by Crippen LogP contribution is -1.96. The monoisotopic (exact) mass is 257 g/mol. The highest BCUT2D eigenvalue weighted by Gasteiger charge is 2.05. The smallest absolute Gasteiger partial charge is 0.139 e. The summed E-state index contributed by atoms with van der Waals surface area (Å²) in [7, 11) is 0. The van der Waals surface area contributed by atoms with E-state index in [1.54, 1.807) is 18.0 Å². The molecule has 0 spiro atoms. The minimum Gasteiger partial charge on any atom is -0.237 e. The van der Waals surface area contributed by atoms with Gasteiger partial charge in [0.25, 0.3) is 0 Å². The fraction of sp³-hybridized carbons (Fsp3) is 0.167. The molecule has 5 nitrogen and oxygen atoms in total.